The van der Waals surface area contributed by atoms with Crippen LogP contribution < -0.4 is 10.0 Å². The lowest BCUT2D eigenvalue weighted by atomic mass is 10.1. The molecule has 2 aromatic rings. The number of carboxylic acid groups (broad SMARTS) is 1. The molecule has 0 fully saturated rings. The zero-order valence-corrected chi connectivity index (χ0v) is 15.7. The Morgan fingerprint density at radius 3 is 2.29 bits per heavy atom. The van der Waals surface area contributed by atoms with Gasteiger partial charge in [-0.1, -0.05) is 0 Å². The van der Waals surface area contributed by atoms with Crippen molar-refractivity contribution < 1.29 is 28.0 Å². The second kappa shape index (κ2) is 8.05. The fourth-order valence-electron chi connectivity index (χ4n) is 2.35. The summed E-state index contributed by atoms with van der Waals surface area (Å²) in [5.41, 5.74) is 0.779. The summed E-state index contributed by atoms with van der Waals surface area (Å²) in [4.78, 5) is 32.4. The van der Waals surface area contributed by atoms with Gasteiger partial charge in [-0.25, -0.2) is 8.42 Å². The van der Waals surface area contributed by atoms with Crippen LogP contribution >= 0.6 is 0 Å². The minimum absolute atomic E-state index is 0.137. The molecule has 0 aliphatic heterocycles. The maximum atomic E-state index is 12.7. The highest BCUT2D eigenvalue weighted by molar-refractivity contribution is 7.92. The molecule has 11 heteroatoms. The van der Waals surface area contributed by atoms with E-state index < -0.39 is 33.4 Å². The number of rotatable bonds is 7. The second-order valence-electron chi connectivity index (χ2n) is 5.90. The van der Waals surface area contributed by atoms with E-state index in [0.29, 0.717) is 11.1 Å². The molecule has 0 radical (unpaired) electrons. The molecule has 2 rings (SSSR count). The third-order valence-electron chi connectivity index (χ3n) is 3.90. The lowest BCUT2D eigenvalue weighted by Crippen LogP contribution is -2.29. The van der Waals surface area contributed by atoms with Crippen LogP contribution in [0.2, 0.25) is 0 Å². The van der Waals surface area contributed by atoms with Gasteiger partial charge in [0.25, 0.3) is 21.6 Å². The molecule has 0 heterocycles. The van der Waals surface area contributed by atoms with Crippen molar-refractivity contribution in [1.29, 1.82) is 0 Å². The average Bonchev–Trinajstić information content (AvgIpc) is 2.61. The number of nitro groups is 1. The van der Waals surface area contributed by atoms with Crippen molar-refractivity contribution in [3.05, 3.63) is 63.2 Å². The van der Waals surface area contributed by atoms with E-state index in [0.717, 1.165) is 6.07 Å². The van der Waals surface area contributed by atoms with Crippen molar-refractivity contribution in [2.45, 2.75) is 18.7 Å². The molecule has 148 valence electrons. The first-order chi connectivity index (χ1) is 13.0. The summed E-state index contributed by atoms with van der Waals surface area (Å²) in [5.74, 6) is -1.82. The number of hydrogen-bond acceptors (Lipinski definition) is 6. The molecule has 0 atom stereocenters. The monoisotopic (exact) mass is 407 g/mol. The number of aryl methyl sites for hydroxylation is 1. The zero-order chi connectivity index (χ0) is 21.1. The van der Waals surface area contributed by atoms with Crippen LogP contribution in [0, 0.1) is 24.0 Å². The van der Waals surface area contributed by atoms with E-state index >= 15 is 0 Å². The van der Waals surface area contributed by atoms with Crippen molar-refractivity contribution in [1.82, 2.24) is 5.32 Å². The van der Waals surface area contributed by atoms with Crippen LogP contribution in [0.5, 0.6) is 0 Å². The highest BCUT2D eigenvalue weighted by atomic mass is 32.2. The van der Waals surface area contributed by atoms with E-state index in [1.807, 2.05) is 0 Å². The molecule has 0 saturated carbocycles. The molecule has 0 saturated heterocycles. The number of anilines is 1. The van der Waals surface area contributed by atoms with E-state index in [9.17, 15) is 28.1 Å². The van der Waals surface area contributed by atoms with Crippen LogP contribution in [-0.2, 0) is 14.8 Å². The Morgan fingerprint density at radius 1 is 1.14 bits per heavy atom. The van der Waals surface area contributed by atoms with Crippen molar-refractivity contribution in [2.75, 3.05) is 11.3 Å². The predicted molar refractivity (Wildman–Crippen MR) is 99.8 cm³/mol. The van der Waals surface area contributed by atoms with Gasteiger partial charge in [-0.2, -0.15) is 0 Å². The van der Waals surface area contributed by atoms with Crippen LogP contribution in [0.15, 0.2) is 41.3 Å². The van der Waals surface area contributed by atoms with Gasteiger partial charge >= 0.3 is 5.97 Å². The Hall–Kier alpha value is -3.47. The summed E-state index contributed by atoms with van der Waals surface area (Å²) >= 11 is 0. The Balaban J connectivity index is 2.27. The van der Waals surface area contributed by atoms with Crippen LogP contribution in [0.1, 0.15) is 21.5 Å². The molecule has 0 aliphatic carbocycles. The van der Waals surface area contributed by atoms with Gasteiger partial charge in [-0.3, -0.25) is 24.4 Å². The molecule has 0 aromatic heterocycles. The van der Waals surface area contributed by atoms with Crippen LogP contribution in [-0.4, -0.2) is 36.9 Å². The predicted octanol–water partition coefficient (Wildman–Crippen LogP) is 1.83. The molecular formula is C17H17N3O7S. The summed E-state index contributed by atoms with van der Waals surface area (Å²) in [6, 6.07) is 7.57. The second-order valence-corrected chi connectivity index (χ2v) is 7.55. The first-order valence-corrected chi connectivity index (χ1v) is 9.38. The molecule has 0 aliphatic rings. The third-order valence-corrected chi connectivity index (χ3v) is 5.41. The number of hydrogen-bond donors (Lipinski definition) is 3. The van der Waals surface area contributed by atoms with E-state index in [1.54, 1.807) is 13.8 Å². The topological polar surface area (TPSA) is 156 Å². The SMILES string of the molecule is Cc1cc([N+](=O)[O-])cc(S(=O)(=O)Nc2ccc(C(=O)NCC(=O)O)cc2)c1C. The van der Waals surface area contributed by atoms with Crippen molar-refractivity contribution in [2.24, 2.45) is 0 Å². The maximum Gasteiger partial charge on any atom is 0.322 e. The average molecular weight is 407 g/mol. The number of amides is 1. The molecule has 0 spiro atoms. The van der Waals surface area contributed by atoms with Gasteiger partial charge in [0.15, 0.2) is 0 Å². The van der Waals surface area contributed by atoms with Gasteiger partial charge < -0.3 is 10.4 Å². The number of aliphatic carboxylic acids is 1. The number of nitro benzene ring substituents is 1. The molecule has 0 unspecified atom stereocenters. The molecular weight excluding hydrogens is 390 g/mol. The molecule has 0 bridgehead atoms. The summed E-state index contributed by atoms with van der Waals surface area (Å²) in [6.45, 7) is 2.58. The number of nitrogens with one attached hydrogen (secondary N) is 2. The van der Waals surface area contributed by atoms with Crippen LogP contribution in [0.3, 0.4) is 0 Å². The normalized spacial score (nSPS) is 10.9. The molecule has 1 amide bonds. The first kappa shape index (κ1) is 20.8. The number of nitrogens with zero attached hydrogens (tertiary/aromatic N) is 1. The quantitative estimate of drug-likeness (QED) is 0.467. The summed E-state index contributed by atoms with van der Waals surface area (Å²) in [6.07, 6.45) is 0. The van der Waals surface area contributed by atoms with Gasteiger partial charge in [0, 0.05) is 23.4 Å². The number of carbonyl (C=O) groups excluding carboxylic acids is 1. The Morgan fingerprint density at radius 2 is 1.75 bits per heavy atom. The van der Waals surface area contributed by atoms with Crippen molar-refractivity contribution in [3.63, 3.8) is 0 Å². The largest absolute Gasteiger partial charge is 0.480 e. The third kappa shape index (κ3) is 4.82. The molecule has 10 nitrogen and oxygen atoms in total. The highest BCUT2D eigenvalue weighted by Gasteiger charge is 2.22. The first-order valence-electron chi connectivity index (χ1n) is 7.90. The molecule has 28 heavy (non-hydrogen) atoms. The van der Waals surface area contributed by atoms with Gasteiger partial charge in [0.1, 0.15) is 6.54 Å². The fraction of sp³-hybridized carbons (Fsp3) is 0.176. The molecule has 2 aromatic carbocycles. The van der Waals surface area contributed by atoms with E-state index in [-0.39, 0.29) is 21.8 Å². The maximum absolute atomic E-state index is 12.7. The Bertz CT molecular complexity index is 1050. The van der Waals surface area contributed by atoms with E-state index in [2.05, 4.69) is 10.0 Å². The summed E-state index contributed by atoms with van der Waals surface area (Å²) in [5, 5.41) is 21.7. The number of benzene rings is 2. The Kier molecular flexibility index (Phi) is 5.99. The summed E-state index contributed by atoms with van der Waals surface area (Å²) < 4.78 is 27.6. The van der Waals surface area contributed by atoms with Gasteiger partial charge in [-0.15, -0.1) is 0 Å². The van der Waals surface area contributed by atoms with Crippen LogP contribution in [0.25, 0.3) is 0 Å². The van der Waals surface area contributed by atoms with E-state index in [4.69, 9.17) is 5.11 Å². The lowest BCUT2D eigenvalue weighted by Gasteiger charge is -2.12. The highest BCUT2D eigenvalue weighted by Crippen LogP contribution is 2.27. The van der Waals surface area contributed by atoms with Crippen molar-refractivity contribution >= 4 is 33.3 Å². The lowest BCUT2D eigenvalue weighted by molar-refractivity contribution is -0.385. The number of carboxylic acids is 1. The summed E-state index contributed by atoms with van der Waals surface area (Å²) in [7, 11) is -4.11. The minimum atomic E-state index is -4.11. The fourth-order valence-corrected chi connectivity index (χ4v) is 3.75. The Labute approximate surface area is 160 Å². The minimum Gasteiger partial charge on any atom is -0.480 e. The smallest absolute Gasteiger partial charge is 0.322 e. The zero-order valence-electron chi connectivity index (χ0n) is 14.9. The van der Waals surface area contributed by atoms with Gasteiger partial charge in [-0.05, 0) is 49.2 Å². The van der Waals surface area contributed by atoms with Gasteiger partial charge in [0.05, 0.1) is 9.82 Å². The van der Waals surface area contributed by atoms with Gasteiger partial charge in [0.2, 0.25) is 0 Å². The number of sulfonamides is 1. The van der Waals surface area contributed by atoms with Crippen LogP contribution in [0.4, 0.5) is 11.4 Å². The van der Waals surface area contributed by atoms with Crippen molar-refractivity contribution in [3.8, 4) is 0 Å². The number of non-ortho nitro benzene ring substituents is 1. The van der Waals surface area contributed by atoms with E-state index in [1.165, 1.54) is 30.3 Å². The number of carbonyl (C=O) groups is 2. The molecule has 3 N–H and O–H groups in total. The standard InChI is InChI=1S/C17H17N3O7S/c1-10-7-14(20(24)25)8-15(11(10)2)28(26,27)19-13-5-3-12(4-6-13)17(23)18-9-16(21)22/h3-8,19H,9H2,1-2H3,(H,18,23)(H,21,22).